The minimum Gasteiger partial charge on any atom is -0.325 e. The molecule has 22 heavy (non-hydrogen) atoms. The molecule has 0 spiro atoms. The smallest absolute Gasteiger partial charge is 0.292 e. The SMILES string of the molecule is NS(=O)(=O)c1ccc(NC(=O)C2NNC([N+](=O)[O-])C2Br)cc1. The number of nitrogens with zero attached hydrogens (tertiary/aromatic N) is 1. The summed E-state index contributed by atoms with van der Waals surface area (Å²) in [6.07, 6.45) is -1.14. The van der Waals surface area contributed by atoms with Crippen LogP contribution in [0, 0.1) is 10.1 Å². The molecular formula is C10H12BrN5O5S. The highest BCUT2D eigenvalue weighted by Crippen LogP contribution is 2.19. The number of rotatable bonds is 4. The number of nitrogens with one attached hydrogen (secondary N) is 3. The van der Waals surface area contributed by atoms with E-state index in [0.717, 1.165) is 0 Å². The topological polar surface area (TPSA) is 156 Å². The lowest BCUT2D eigenvalue weighted by atomic mass is 10.2. The fourth-order valence-corrected chi connectivity index (χ4v) is 3.06. The molecule has 1 aliphatic rings. The van der Waals surface area contributed by atoms with Gasteiger partial charge in [0.2, 0.25) is 15.9 Å². The predicted octanol–water partition coefficient (Wildman–Crippen LogP) is -0.885. The van der Waals surface area contributed by atoms with Gasteiger partial charge in [-0.2, -0.15) is 5.43 Å². The molecule has 1 saturated heterocycles. The second kappa shape index (κ2) is 6.26. The first-order valence-corrected chi connectivity index (χ1v) is 8.38. The van der Waals surface area contributed by atoms with Gasteiger partial charge >= 0.3 is 0 Å². The number of hydrogen-bond donors (Lipinski definition) is 4. The molecule has 0 aromatic heterocycles. The molecule has 1 aromatic carbocycles. The van der Waals surface area contributed by atoms with Crippen LogP contribution in [-0.4, -0.2) is 36.3 Å². The summed E-state index contributed by atoms with van der Waals surface area (Å²) < 4.78 is 22.2. The largest absolute Gasteiger partial charge is 0.325 e. The van der Waals surface area contributed by atoms with Crippen LogP contribution in [0.15, 0.2) is 29.2 Å². The van der Waals surface area contributed by atoms with E-state index in [1.54, 1.807) is 0 Å². The maximum absolute atomic E-state index is 12.1. The third-order valence-corrected chi connectivity index (χ3v) is 4.93. The van der Waals surface area contributed by atoms with Crippen molar-refractivity contribution in [2.75, 3.05) is 5.32 Å². The molecule has 0 bridgehead atoms. The second-order valence-corrected chi connectivity index (χ2v) is 7.12. The first-order chi connectivity index (χ1) is 10.2. The Morgan fingerprint density at radius 2 is 1.91 bits per heavy atom. The minimum atomic E-state index is -3.81. The van der Waals surface area contributed by atoms with Crippen molar-refractivity contribution < 1.29 is 18.1 Å². The lowest BCUT2D eigenvalue weighted by molar-refractivity contribution is -0.525. The van der Waals surface area contributed by atoms with Gasteiger partial charge in [0.25, 0.3) is 6.17 Å². The van der Waals surface area contributed by atoms with E-state index in [-0.39, 0.29) is 4.90 Å². The van der Waals surface area contributed by atoms with Crippen molar-refractivity contribution in [3.05, 3.63) is 34.4 Å². The average molecular weight is 394 g/mol. The van der Waals surface area contributed by atoms with Crippen LogP contribution in [-0.2, 0) is 14.8 Å². The minimum absolute atomic E-state index is 0.0852. The van der Waals surface area contributed by atoms with Crippen LogP contribution in [0.1, 0.15) is 0 Å². The van der Waals surface area contributed by atoms with Crippen LogP contribution in [0.4, 0.5) is 5.69 Å². The number of primary sulfonamides is 1. The fraction of sp³-hybridized carbons (Fsp3) is 0.300. The normalized spacial score (nSPS) is 24.9. The van der Waals surface area contributed by atoms with E-state index in [1.165, 1.54) is 24.3 Å². The maximum Gasteiger partial charge on any atom is 0.292 e. The summed E-state index contributed by atoms with van der Waals surface area (Å²) >= 11 is 3.10. The number of amides is 1. The fourth-order valence-electron chi connectivity index (χ4n) is 1.84. The highest BCUT2D eigenvalue weighted by molar-refractivity contribution is 9.09. The summed E-state index contributed by atoms with van der Waals surface area (Å²) in [6, 6.07) is 4.36. The van der Waals surface area contributed by atoms with Crippen molar-refractivity contribution in [2.24, 2.45) is 5.14 Å². The first-order valence-electron chi connectivity index (χ1n) is 5.92. The number of nitro groups is 1. The Labute approximate surface area is 133 Å². The summed E-state index contributed by atoms with van der Waals surface area (Å²) in [5.74, 6) is -0.512. The van der Waals surface area contributed by atoms with E-state index in [1.807, 2.05) is 0 Å². The van der Waals surface area contributed by atoms with Crippen LogP contribution in [0.2, 0.25) is 0 Å². The number of halogens is 1. The monoisotopic (exact) mass is 393 g/mol. The first kappa shape index (κ1) is 16.8. The number of hydrogen-bond acceptors (Lipinski definition) is 7. The Morgan fingerprint density at radius 3 is 2.36 bits per heavy atom. The third-order valence-electron chi connectivity index (χ3n) is 2.97. The Kier molecular flexibility index (Phi) is 4.77. The second-order valence-electron chi connectivity index (χ2n) is 4.50. The van der Waals surface area contributed by atoms with E-state index in [0.29, 0.717) is 5.69 Å². The number of anilines is 1. The quantitative estimate of drug-likeness (QED) is 0.293. The standard InChI is InChI=1S/C10H12BrN5O5S/c11-7-8(14-15-9(7)16(18)19)10(17)13-5-1-3-6(4-2-5)22(12,20)21/h1-4,7-9,14-15H,(H,13,17)(H2,12,20,21). The molecule has 1 fully saturated rings. The zero-order valence-electron chi connectivity index (χ0n) is 10.9. The van der Waals surface area contributed by atoms with Gasteiger partial charge in [0.15, 0.2) is 0 Å². The summed E-state index contributed by atoms with van der Waals surface area (Å²) in [6.45, 7) is 0. The van der Waals surface area contributed by atoms with Gasteiger partial charge in [0, 0.05) is 10.6 Å². The van der Waals surface area contributed by atoms with Crippen LogP contribution in [0.5, 0.6) is 0 Å². The van der Waals surface area contributed by atoms with Gasteiger partial charge in [0.1, 0.15) is 10.9 Å². The summed E-state index contributed by atoms with van der Waals surface area (Å²) in [5, 5.41) is 18.2. The molecule has 2 rings (SSSR count). The molecule has 1 aromatic rings. The zero-order chi connectivity index (χ0) is 16.5. The van der Waals surface area contributed by atoms with Crippen molar-refractivity contribution >= 4 is 37.5 Å². The zero-order valence-corrected chi connectivity index (χ0v) is 13.3. The lowest BCUT2D eigenvalue weighted by Gasteiger charge is -2.13. The molecule has 120 valence electrons. The predicted molar refractivity (Wildman–Crippen MR) is 80.0 cm³/mol. The number of carbonyl (C=O) groups excluding carboxylic acids is 1. The third kappa shape index (κ3) is 3.59. The Hall–Kier alpha value is -1.60. The van der Waals surface area contributed by atoms with Crippen molar-refractivity contribution in [2.45, 2.75) is 21.9 Å². The molecule has 3 atom stereocenters. The summed E-state index contributed by atoms with van der Waals surface area (Å²) in [4.78, 5) is 21.4. The van der Waals surface area contributed by atoms with Crippen LogP contribution in [0.25, 0.3) is 0 Å². The average Bonchev–Trinajstić information content (AvgIpc) is 2.80. The molecule has 5 N–H and O–H groups in total. The molecule has 1 amide bonds. The molecule has 12 heteroatoms. The van der Waals surface area contributed by atoms with E-state index in [9.17, 15) is 23.3 Å². The molecule has 10 nitrogen and oxygen atoms in total. The molecule has 0 aliphatic carbocycles. The van der Waals surface area contributed by atoms with E-state index < -0.39 is 37.9 Å². The number of alkyl halides is 1. The molecule has 0 saturated carbocycles. The van der Waals surface area contributed by atoms with Gasteiger partial charge in [-0.25, -0.2) is 19.0 Å². The van der Waals surface area contributed by atoms with Gasteiger partial charge in [-0.3, -0.25) is 14.9 Å². The van der Waals surface area contributed by atoms with Crippen molar-refractivity contribution in [1.29, 1.82) is 0 Å². The Morgan fingerprint density at radius 1 is 1.32 bits per heavy atom. The molecule has 0 radical (unpaired) electrons. The van der Waals surface area contributed by atoms with Gasteiger partial charge < -0.3 is 5.32 Å². The highest BCUT2D eigenvalue weighted by Gasteiger charge is 2.45. The van der Waals surface area contributed by atoms with E-state index in [2.05, 4.69) is 32.1 Å². The number of carbonyl (C=O) groups is 1. The van der Waals surface area contributed by atoms with E-state index in [4.69, 9.17) is 5.14 Å². The summed E-state index contributed by atoms with van der Waals surface area (Å²) in [5.41, 5.74) is 5.26. The maximum atomic E-state index is 12.1. The summed E-state index contributed by atoms with van der Waals surface area (Å²) in [7, 11) is -3.81. The van der Waals surface area contributed by atoms with Gasteiger partial charge in [-0.05, 0) is 24.3 Å². The molecular weight excluding hydrogens is 382 g/mol. The van der Waals surface area contributed by atoms with Crippen LogP contribution >= 0.6 is 15.9 Å². The number of nitrogens with two attached hydrogens (primary N) is 1. The van der Waals surface area contributed by atoms with Crippen molar-refractivity contribution in [1.82, 2.24) is 10.9 Å². The number of sulfonamides is 1. The molecule has 1 aliphatic heterocycles. The Bertz CT molecular complexity index is 694. The van der Waals surface area contributed by atoms with Gasteiger partial charge in [-0.15, -0.1) is 0 Å². The molecule has 1 heterocycles. The van der Waals surface area contributed by atoms with Gasteiger partial charge in [0.05, 0.1) is 4.90 Å². The van der Waals surface area contributed by atoms with Crippen molar-refractivity contribution in [3.63, 3.8) is 0 Å². The van der Waals surface area contributed by atoms with Crippen molar-refractivity contribution in [3.8, 4) is 0 Å². The molecule has 3 unspecified atom stereocenters. The highest BCUT2D eigenvalue weighted by atomic mass is 79.9. The van der Waals surface area contributed by atoms with E-state index >= 15 is 0 Å². The number of hydrazine groups is 1. The van der Waals surface area contributed by atoms with Crippen LogP contribution < -0.4 is 21.3 Å². The number of benzene rings is 1. The van der Waals surface area contributed by atoms with Crippen LogP contribution in [0.3, 0.4) is 0 Å². The van der Waals surface area contributed by atoms with Gasteiger partial charge in [-0.1, -0.05) is 15.9 Å². The Balaban J connectivity index is 2.05. The lowest BCUT2D eigenvalue weighted by Crippen LogP contribution is -2.42.